The van der Waals surface area contributed by atoms with E-state index in [-0.39, 0.29) is 5.57 Å². The largest absolute Gasteiger partial charge is 0.298 e. The number of Topliss-reactive ketones (excluding diaryl/α,β-unsaturated/α-hetero) is 2. The van der Waals surface area contributed by atoms with Crippen molar-refractivity contribution in [3.05, 3.63) is 11.6 Å². The summed E-state index contributed by atoms with van der Waals surface area (Å²) in [5.41, 5.74) is -3.79. The van der Waals surface area contributed by atoms with E-state index in [0.29, 0.717) is 0 Å². The van der Waals surface area contributed by atoms with E-state index in [1.807, 2.05) is 0 Å². The zero-order valence-corrected chi connectivity index (χ0v) is 12.1. The number of alkyl halides is 1. The predicted octanol–water partition coefficient (Wildman–Crippen LogP) is 2.52. The quantitative estimate of drug-likeness (QED) is 0.501. The molecule has 0 N–H and O–H groups in total. The first-order valence-corrected chi connectivity index (χ1v) is 6.25. The molecule has 0 unspecified atom stereocenters. The lowest BCUT2D eigenvalue weighted by atomic mass is 9.58. The third-order valence-electron chi connectivity index (χ3n) is 3.96. The standard InChI is InChI=1S/C14H19FO4/c1-11(2)7-8-9(16)12(3,4)10(17)13(5,6)14(8,15)19-18-11/h7H,1-6H3/t14-/m0/s1. The number of hydrogen-bond donors (Lipinski definition) is 0. The molecule has 0 saturated heterocycles. The van der Waals surface area contributed by atoms with Crippen LogP contribution in [0.25, 0.3) is 0 Å². The van der Waals surface area contributed by atoms with Crippen molar-refractivity contribution in [3.63, 3.8) is 0 Å². The van der Waals surface area contributed by atoms with E-state index in [4.69, 9.17) is 9.78 Å². The zero-order valence-electron chi connectivity index (χ0n) is 12.1. The Bertz CT molecular complexity index is 502. The molecule has 0 aromatic carbocycles. The van der Waals surface area contributed by atoms with E-state index in [0.717, 1.165) is 0 Å². The van der Waals surface area contributed by atoms with Gasteiger partial charge in [-0.3, -0.25) is 9.59 Å². The molecule has 2 aliphatic rings. The normalized spacial score (nSPS) is 35.6. The van der Waals surface area contributed by atoms with Crippen molar-refractivity contribution in [1.29, 1.82) is 0 Å². The Labute approximate surface area is 111 Å². The molecule has 1 saturated carbocycles. The summed E-state index contributed by atoms with van der Waals surface area (Å²) in [6.45, 7) is 9.20. The van der Waals surface area contributed by atoms with Crippen molar-refractivity contribution in [2.75, 3.05) is 0 Å². The summed E-state index contributed by atoms with van der Waals surface area (Å²) in [6, 6.07) is 0. The van der Waals surface area contributed by atoms with Gasteiger partial charge in [0.15, 0.2) is 11.6 Å². The Hall–Kier alpha value is -1.07. The highest BCUT2D eigenvalue weighted by Crippen LogP contribution is 2.54. The van der Waals surface area contributed by atoms with Gasteiger partial charge in [-0.25, -0.2) is 9.28 Å². The van der Waals surface area contributed by atoms with Gasteiger partial charge < -0.3 is 0 Å². The molecule has 0 radical (unpaired) electrons. The van der Waals surface area contributed by atoms with Gasteiger partial charge in [0.05, 0.1) is 16.4 Å². The van der Waals surface area contributed by atoms with E-state index in [1.165, 1.54) is 33.8 Å². The molecule has 1 atom stereocenters. The van der Waals surface area contributed by atoms with E-state index in [1.54, 1.807) is 13.8 Å². The zero-order chi connectivity index (χ0) is 14.9. The molecule has 5 heteroatoms. The van der Waals surface area contributed by atoms with Gasteiger partial charge in [-0.15, -0.1) is 0 Å². The van der Waals surface area contributed by atoms with E-state index in [2.05, 4.69) is 0 Å². The summed E-state index contributed by atoms with van der Waals surface area (Å²) in [6.07, 6.45) is 1.41. The van der Waals surface area contributed by atoms with Crippen LogP contribution in [-0.2, 0) is 19.4 Å². The first kappa shape index (κ1) is 14.3. The molecule has 1 fully saturated rings. The van der Waals surface area contributed by atoms with Gasteiger partial charge >= 0.3 is 0 Å². The highest BCUT2D eigenvalue weighted by atomic mass is 19.2. The van der Waals surface area contributed by atoms with Crippen LogP contribution >= 0.6 is 0 Å². The molecule has 0 aromatic heterocycles. The van der Waals surface area contributed by atoms with Crippen molar-refractivity contribution in [3.8, 4) is 0 Å². The average molecular weight is 270 g/mol. The SMILES string of the molecule is CC1(C)C=C2C(=O)C(C)(C)C(=O)C(C)(C)[C@@]2(F)OO1. The Morgan fingerprint density at radius 1 is 1.00 bits per heavy atom. The minimum absolute atomic E-state index is 0.127. The highest BCUT2D eigenvalue weighted by Gasteiger charge is 2.68. The van der Waals surface area contributed by atoms with Crippen molar-refractivity contribution < 1.29 is 23.8 Å². The summed E-state index contributed by atoms with van der Waals surface area (Å²) in [5.74, 6) is -3.57. The first-order valence-electron chi connectivity index (χ1n) is 6.25. The molecule has 1 aliphatic heterocycles. The molecule has 0 aromatic rings. The summed E-state index contributed by atoms with van der Waals surface area (Å²) < 4.78 is 15.1. The van der Waals surface area contributed by atoms with Gasteiger partial charge in [0.1, 0.15) is 5.60 Å². The summed E-state index contributed by atoms with van der Waals surface area (Å²) in [4.78, 5) is 34.6. The fraction of sp³-hybridized carbons (Fsp3) is 0.714. The molecule has 4 nitrogen and oxygen atoms in total. The van der Waals surface area contributed by atoms with E-state index >= 15 is 4.39 Å². The number of carbonyl (C=O) groups excluding carboxylic acids is 2. The molecular formula is C14H19FO4. The van der Waals surface area contributed by atoms with Gasteiger partial charge in [0.25, 0.3) is 5.85 Å². The molecule has 1 aliphatic carbocycles. The number of fused-ring (bicyclic) bond motifs is 1. The second-order valence-electron chi connectivity index (χ2n) is 6.83. The molecule has 0 amide bonds. The molecule has 19 heavy (non-hydrogen) atoms. The van der Waals surface area contributed by atoms with Crippen molar-refractivity contribution in [2.24, 2.45) is 10.8 Å². The minimum atomic E-state index is -2.54. The molecular weight excluding hydrogens is 251 g/mol. The fourth-order valence-electron chi connectivity index (χ4n) is 2.69. The lowest BCUT2D eigenvalue weighted by molar-refractivity contribution is -0.443. The number of rotatable bonds is 0. The van der Waals surface area contributed by atoms with Crippen LogP contribution in [0.3, 0.4) is 0 Å². The smallest absolute Gasteiger partial charge is 0.281 e. The van der Waals surface area contributed by atoms with Crippen LogP contribution in [0.2, 0.25) is 0 Å². The van der Waals surface area contributed by atoms with E-state index < -0.39 is 33.9 Å². The predicted molar refractivity (Wildman–Crippen MR) is 65.7 cm³/mol. The minimum Gasteiger partial charge on any atom is -0.298 e. The lowest BCUT2D eigenvalue weighted by Crippen LogP contribution is -2.64. The van der Waals surface area contributed by atoms with E-state index in [9.17, 15) is 9.59 Å². The van der Waals surface area contributed by atoms with Gasteiger partial charge in [0.2, 0.25) is 0 Å². The average Bonchev–Trinajstić information content (AvgIpc) is 2.28. The Kier molecular flexibility index (Phi) is 2.66. The number of halogens is 1. The molecule has 0 spiro atoms. The number of carbonyl (C=O) groups is 2. The first-order chi connectivity index (χ1) is 8.36. The number of ketones is 2. The Morgan fingerprint density at radius 3 is 2.05 bits per heavy atom. The monoisotopic (exact) mass is 270 g/mol. The maximum atomic E-state index is 15.1. The van der Waals surface area contributed by atoms with Gasteiger partial charge in [0, 0.05) is 0 Å². The molecule has 2 rings (SSSR count). The Balaban J connectivity index is 2.71. The topological polar surface area (TPSA) is 52.6 Å². The maximum absolute atomic E-state index is 15.1. The van der Waals surface area contributed by atoms with Crippen LogP contribution in [0.15, 0.2) is 11.6 Å². The second-order valence-corrected chi connectivity index (χ2v) is 6.83. The summed E-state index contributed by atoms with van der Waals surface area (Å²) in [5, 5.41) is 0. The third kappa shape index (κ3) is 1.64. The van der Waals surface area contributed by atoms with Gasteiger partial charge in [-0.05, 0) is 47.6 Å². The Morgan fingerprint density at radius 2 is 1.53 bits per heavy atom. The van der Waals surface area contributed by atoms with Crippen molar-refractivity contribution >= 4 is 11.6 Å². The second kappa shape index (κ2) is 3.52. The third-order valence-corrected chi connectivity index (χ3v) is 3.96. The lowest BCUT2D eigenvalue weighted by Gasteiger charge is -2.50. The van der Waals surface area contributed by atoms with Crippen LogP contribution in [0.4, 0.5) is 4.39 Å². The van der Waals surface area contributed by atoms with Gasteiger partial charge in [-0.1, -0.05) is 0 Å². The molecule has 0 bridgehead atoms. The fourth-order valence-corrected chi connectivity index (χ4v) is 2.69. The van der Waals surface area contributed by atoms with Crippen LogP contribution < -0.4 is 0 Å². The summed E-state index contributed by atoms with van der Waals surface area (Å²) >= 11 is 0. The summed E-state index contributed by atoms with van der Waals surface area (Å²) in [7, 11) is 0. The molecule has 1 heterocycles. The van der Waals surface area contributed by atoms with Gasteiger partial charge in [-0.2, -0.15) is 4.89 Å². The van der Waals surface area contributed by atoms with Crippen LogP contribution in [0.1, 0.15) is 41.5 Å². The van der Waals surface area contributed by atoms with Crippen LogP contribution in [-0.4, -0.2) is 23.0 Å². The van der Waals surface area contributed by atoms with Crippen molar-refractivity contribution in [2.45, 2.75) is 53.0 Å². The highest BCUT2D eigenvalue weighted by molar-refractivity contribution is 6.19. The van der Waals surface area contributed by atoms with Crippen LogP contribution in [0, 0.1) is 10.8 Å². The molecule has 106 valence electrons. The maximum Gasteiger partial charge on any atom is 0.281 e. The number of hydrogen-bond acceptors (Lipinski definition) is 4. The van der Waals surface area contributed by atoms with Crippen LogP contribution in [0.5, 0.6) is 0 Å². The van der Waals surface area contributed by atoms with Crippen molar-refractivity contribution in [1.82, 2.24) is 0 Å².